The fraction of sp³-hybridized carbons (Fsp3) is 0.583. The first-order valence-electron chi connectivity index (χ1n) is 5.83. The van der Waals surface area contributed by atoms with Gasteiger partial charge in [0, 0.05) is 14.7 Å². The molecule has 18 heavy (non-hydrogen) atoms. The molecule has 0 fully saturated rings. The van der Waals surface area contributed by atoms with Crippen LogP contribution in [0.3, 0.4) is 0 Å². The van der Waals surface area contributed by atoms with Crippen molar-refractivity contribution in [3.8, 4) is 5.75 Å². The summed E-state index contributed by atoms with van der Waals surface area (Å²) in [5.41, 5.74) is 1.10. The predicted octanol–water partition coefficient (Wildman–Crippen LogP) is 4.29. The molecule has 0 aliphatic heterocycles. The Bertz CT molecular complexity index is 385. The summed E-state index contributed by atoms with van der Waals surface area (Å²) in [5, 5.41) is 0. The Morgan fingerprint density at radius 3 is 2.50 bits per heavy atom. The van der Waals surface area contributed by atoms with Crippen LogP contribution in [-0.2, 0) is 4.74 Å². The molecule has 0 spiro atoms. The third kappa shape index (κ3) is 6.16. The van der Waals surface area contributed by atoms with Gasteiger partial charge in [-0.05, 0) is 69.8 Å². The summed E-state index contributed by atoms with van der Waals surface area (Å²) in [5.74, 6) is 0.837. The summed E-state index contributed by atoms with van der Waals surface area (Å²) in [6.45, 7) is 10.1. The molecule has 3 nitrogen and oxygen atoms in total. The maximum absolute atomic E-state index is 5.66. The second kappa shape index (κ2) is 7.39. The number of nitrogens with zero attached hydrogens (tertiary/aromatic N) is 1. The van der Waals surface area contributed by atoms with Gasteiger partial charge >= 0.3 is 0 Å². The van der Waals surface area contributed by atoms with E-state index < -0.39 is 8.07 Å². The number of ether oxygens (including phenoxy) is 2. The first kappa shape index (κ1) is 16.6. The van der Waals surface area contributed by atoms with E-state index in [1.54, 1.807) is 0 Å². The van der Waals surface area contributed by atoms with Gasteiger partial charge in [-0.1, -0.05) is 19.6 Å². The molecule has 0 saturated carbocycles. The van der Waals surface area contributed by atoms with Crippen LogP contribution < -0.4 is 4.74 Å². The smallest absolute Gasteiger partial charge is 0.189 e. The largest absolute Gasteiger partial charge is 0.465 e. The average molecular weight is 491 g/mol. The predicted molar refractivity (Wildman–Crippen MR) is 94.0 cm³/mol. The van der Waals surface area contributed by atoms with Crippen molar-refractivity contribution in [1.82, 2.24) is 4.98 Å². The highest BCUT2D eigenvalue weighted by atomic mass is 127. The highest BCUT2D eigenvalue weighted by Crippen LogP contribution is 2.25. The van der Waals surface area contributed by atoms with Gasteiger partial charge in [0.15, 0.2) is 12.5 Å². The van der Waals surface area contributed by atoms with Crippen molar-refractivity contribution in [2.45, 2.75) is 32.6 Å². The lowest BCUT2D eigenvalue weighted by Crippen LogP contribution is -2.22. The number of hydrogen-bond acceptors (Lipinski definition) is 3. The zero-order valence-corrected chi connectivity index (χ0v) is 16.5. The zero-order chi connectivity index (χ0) is 13.8. The Hall–Kier alpha value is 0.587. The quantitative estimate of drug-likeness (QED) is 0.196. The first-order valence-corrected chi connectivity index (χ1v) is 11.7. The molecule has 0 amide bonds. The molecule has 0 unspecified atom stereocenters. The van der Waals surface area contributed by atoms with E-state index in [1.807, 2.05) is 13.0 Å². The van der Waals surface area contributed by atoms with Gasteiger partial charge in [-0.15, -0.1) is 0 Å². The maximum Gasteiger partial charge on any atom is 0.189 e. The monoisotopic (exact) mass is 491 g/mol. The van der Waals surface area contributed by atoms with Crippen LogP contribution in [0.25, 0.3) is 0 Å². The van der Waals surface area contributed by atoms with E-state index >= 15 is 0 Å². The summed E-state index contributed by atoms with van der Waals surface area (Å²) in [6, 6.07) is 3.18. The van der Waals surface area contributed by atoms with Crippen LogP contribution >= 0.6 is 45.2 Å². The molecule has 0 aliphatic rings. The van der Waals surface area contributed by atoms with Gasteiger partial charge in [0.25, 0.3) is 0 Å². The molecule has 6 heteroatoms. The molecule has 0 aromatic carbocycles. The number of halogens is 2. The highest BCUT2D eigenvalue weighted by Gasteiger charge is 2.12. The molecule has 0 radical (unpaired) electrons. The van der Waals surface area contributed by atoms with Gasteiger partial charge in [0.1, 0.15) is 7.40 Å². The molecule has 1 aromatic rings. The van der Waals surface area contributed by atoms with Crippen molar-refractivity contribution >= 4 is 53.3 Å². The SMILES string of the molecule is Cc1cc(I)nc(I)c1OCOCC[Si](C)(C)C. The van der Waals surface area contributed by atoms with Crippen LogP contribution in [0.2, 0.25) is 25.7 Å². The molecule has 1 aromatic heterocycles. The summed E-state index contributed by atoms with van der Waals surface area (Å²) in [7, 11) is -1.01. The van der Waals surface area contributed by atoms with Crippen molar-refractivity contribution < 1.29 is 9.47 Å². The van der Waals surface area contributed by atoms with Gasteiger partial charge in [0.05, 0.1) is 0 Å². The third-order valence-electron chi connectivity index (χ3n) is 2.37. The molecule has 0 saturated heterocycles. The molecular formula is C12H19I2NO2Si. The third-order valence-corrected chi connectivity index (χ3v) is 5.36. The topological polar surface area (TPSA) is 31.4 Å². The van der Waals surface area contributed by atoms with Crippen LogP contribution in [-0.4, -0.2) is 26.5 Å². The molecule has 1 heterocycles. The van der Waals surface area contributed by atoms with Gasteiger partial charge < -0.3 is 9.47 Å². The van der Waals surface area contributed by atoms with Crippen LogP contribution in [0.4, 0.5) is 0 Å². The number of pyridine rings is 1. The number of hydrogen-bond donors (Lipinski definition) is 0. The highest BCUT2D eigenvalue weighted by molar-refractivity contribution is 14.1. The summed E-state index contributed by atoms with van der Waals surface area (Å²) in [6.07, 6.45) is 0. The Labute approximate surface area is 137 Å². The zero-order valence-electron chi connectivity index (χ0n) is 11.2. The Kier molecular flexibility index (Phi) is 6.83. The van der Waals surface area contributed by atoms with E-state index in [4.69, 9.17) is 9.47 Å². The molecule has 102 valence electrons. The van der Waals surface area contributed by atoms with Crippen LogP contribution in [0.5, 0.6) is 5.75 Å². The Morgan fingerprint density at radius 1 is 1.28 bits per heavy atom. The lowest BCUT2D eigenvalue weighted by Gasteiger charge is -2.16. The standard InChI is InChI=1S/C12H19I2NO2Si/c1-9-7-10(13)15-12(14)11(9)17-8-16-5-6-18(2,3)4/h7H,5-6,8H2,1-4H3. The van der Waals surface area contributed by atoms with Gasteiger partial charge in [-0.3, -0.25) is 0 Å². The van der Waals surface area contributed by atoms with Crippen molar-refractivity contribution in [3.05, 3.63) is 19.0 Å². The number of aromatic nitrogens is 1. The minimum atomic E-state index is -1.01. The van der Waals surface area contributed by atoms with Crippen LogP contribution in [0.15, 0.2) is 6.07 Å². The molecule has 0 bridgehead atoms. The summed E-state index contributed by atoms with van der Waals surface area (Å²) < 4.78 is 13.1. The van der Waals surface area contributed by atoms with E-state index in [1.165, 1.54) is 0 Å². The van der Waals surface area contributed by atoms with E-state index in [-0.39, 0.29) is 0 Å². The van der Waals surface area contributed by atoms with Gasteiger partial charge in [-0.2, -0.15) is 0 Å². The molecule has 1 rings (SSSR count). The molecule has 0 N–H and O–H groups in total. The second-order valence-electron chi connectivity index (χ2n) is 5.36. The fourth-order valence-corrected chi connectivity index (χ4v) is 4.06. The van der Waals surface area contributed by atoms with Crippen molar-refractivity contribution in [1.29, 1.82) is 0 Å². The molecule has 0 aliphatic carbocycles. The van der Waals surface area contributed by atoms with E-state index in [0.29, 0.717) is 6.79 Å². The number of rotatable bonds is 6. The van der Waals surface area contributed by atoms with Crippen molar-refractivity contribution in [2.75, 3.05) is 13.4 Å². The van der Waals surface area contributed by atoms with E-state index in [9.17, 15) is 0 Å². The lowest BCUT2D eigenvalue weighted by atomic mass is 10.3. The minimum Gasteiger partial charge on any atom is -0.465 e. The minimum absolute atomic E-state index is 0.309. The maximum atomic E-state index is 5.66. The Morgan fingerprint density at radius 2 is 1.94 bits per heavy atom. The molecular weight excluding hydrogens is 472 g/mol. The lowest BCUT2D eigenvalue weighted by molar-refractivity contribution is 0.0208. The molecule has 0 atom stereocenters. The fourth-order valence-electron chi connectivity index (χ4n) is 1.29. The van der Waals surface area contributed by atoms with E-state index in [2.05, 4.69) is 69.8 Å². The second-order valence-corrected chi connectivity index (χ2v) is 13.1. The number of aryl methyl sites for hydroxylation is 1. The van der Waals surface area contributed by atoms with Gasteiger partial charge in [-0.25, -0.2) is 4.98 Å². The van der Waals surface area contributed by atoms with E-state index in [0.717, 1.165) is 31.4 Å². The van der Waals surface area contributed by atoms with Crippen LogP contribution in [0.1, 0.15) is 5.56 Å². The Balaban J connectivity index is 2.41. The van der Waals surface area contributed by atoms with Gasteiger partial charge in [0.2, 0.25) is 0 Å². The van der Waals surface area contributed by atoms with Crippen molar-refractivity contribution in [3.63, 3.8) is 0 Å². The average Bonchev–Trinajstić information content (AvgIpc) is 2.19. The first-order chi connectivity index (χ1) is 8.29. The van der Waals surface area contributed by atoms with Crippen molar-refractivity contribution in [2.24, 2.45) is 0 Å². The van der Waals surface area contributed by atoms with Crippen LogP contribution in [0, 0.1) is 14.3 Å². The summed E-state index contributed by atoms with van der Waals surface area (Å²) >= 11 is 4.41. The normalized spacial score (nSPS) is 11.7. The summed E-state index contributed by atoms with van der Waals surface area (Å²) in [4.78, 5) is 4.37.